The third-order valence-corrected chi connectivity index (χ3v) is 5.35. The van der Waals surface area contributed by atoms with Crippen LogP contribution in [0.15, 0.2) is 0 Å². The van der Waals surface area contributed by atoms with Gasteiger partial charge in [-0.15, -0.1) is 11.8 Å². The zero-order chi connectivity index (χ0) is 15.2. The van der Waals surface area contributed by atoms with Crippen molar-refractivity contribution >= 4 is 23.6 Å². The summed E-state index contributed by atoms with van der Waals surface area (Å²) in [6, 6.07) is 0.207. The topological polar surface area (TPSA) is 61.4 Å². The maximum Gasteiger partial charge on any atom is 0.243 e. The van der Waals surface area contributed by atoms with Crippen LogP contribution in [0.3, 0.4) is 0 Å². The number of amides is 2. The van der Waals surface area contributed by atoms with Gasteiger partial charge in [-0.25, -0.2) is 0 Å². The van der Waals surface area contributed by atoms with E-state index in [1.807, 2.05) is 0 Å². The first-order chi connectivity index (χ1) is 10.1. The summed E-state index contributed by atoms with van der Waals surface area (Å²) >= 11 is 1.67. The second kappa shape index (κ2) is 8.03. The number of nitrogens with one attached hydrogen (secondary N) is 2. The lowest BCUT2D eigenvalue weighted by atomic mass is 9.99. The molecule has 21 heavy (non-hydrogen) atoms. The van der Waals surface area contributed by atoms with E-state index in [-0.39, 0.29) is 23.9 Å². The summed E-state index contributed by atoms with van der Waals surface area (Å²) in [4.78, 5) is 26.5. The lowest BCUT2D eigenvalue weighted by molar-refractivity contribution is -0.138. The number of thioether (sulfide) groups is 1. The molecule has 120 valence electrons. The molecule has 3 unspecified atom stereocenters. The Morgan fingerprint density at radius 2 is 2.24 bits per heavy atom. The van der Waals surface area contributed by atoms with Crippen molar-refractivity contribution in [1.82, 2.24) is 15.5 Å². The average molecular weight is 313 g/mol. The van der Waals surface area contributed by atoms with Crippen molar-refractivity contribution in [2.45, 2.75) is 64.1 Å². The molecule has 2 heterocycles. The van der Waals surface area contributed by atoms with Gasteiger partial charge in [-0.3, -0.25) is 9.59 Å². The molecule has 0 aromatic carbocycles. The first-order valence-electron chi connectivity index (χ1n) is 8.04. The average Bonchev–Trinajstić information content (AvgIpc) is 2.96. The van der Waals surface area contributed by atoms with Crippen LogP contribution in [-0.4, -0.2) is 53.0 Å². The summed E-state index contributed by atoms with van der Waals surface area (Å²) in [6.45, 7) is 5.21. The molecule has 2 aliphatic heterocycles. The highest BCUT2D eigenvalue weighted by Crippen LogP contribution is 2.23. The molecule has 0 aromatic rings. The second-order valence-electron chi connectivity index (χ2n) is 5.98. The van der Waals surface area contributed by atoms with Gasteiger partial charge in [-0.1, -0.05) is 13.3 Å². The lowest BCUT2D eigenvalue weighted by Gasteiger charge is -2.32. The predicted molar refractivity (Wildman–Crippen MR) is 86.1 cm³/mol. The Labute approximate surface area is 131 Å². The van der Waals surface area contributed by atoms with Gasteiger partial charge in [0.2, 0.25) is 11.8 Å². The van der Waals surface area contributed by atoms with Gasteiger partial charge in [0.15, 0.2) is 0 Å². The highest BCUT2D eigenvalue weighted by atomic mass is 32.2. The van der Waals surface area contributed by atoms with Gasteiger partial charge >= 0.3 is 0 Å². The van der Waals surface area contributed by atoms with E-state index in [9.17, 15) is 9.59 Å². The van der Waals surface area contributed by atoms with Crippen LogP contribution in [0.4, 0.5) is 0 Å². The van der Waals surface area contributed by atoms with Gasteiger partial charge < -0.3 is 15.5 Å². The number of hydrogen-bond donors (Lipinski definition) is 2. The van der Waals surface area contributed by atoms with Crippen LogP contribution < -0.4 is 10.6 Å². The lowest BCUT2D eigenvalue weighted by Crippen LogP contribution is -2.56. The zero-order valence-electron chi connectivity index (χ0n) is 13.1. The highest BCUT2D eigenvalue weighted by molar-refractivity contribution is 7.99. The van der Waals surface area contributed by atoms with Crippen molar-refractivity contribution in [2.24, 2.45) is 0 Å². The molecule has 2 aliphatic rings. The molecule has 0 aromatic heterocycles. The molecule has 0 aliphatic carbocycles. The second-order valence-corrected chi connectivity index (χ2v) is 6.98. The summed E-state index contributed by atoms with van der Waals surface area (Å²) in [6.07, 6.45) is 4.58. The third kappa shape index (κ3) is 4.36. The Kier molecular flexibility index (Phi) is 6.36. The largest absolute Gasteiger partial charge is 0.350 e. The van der Waals surface area contributed by atoms with Crippen LogP contribution in [0.2, 0.25) is 0 Å². The van der Waals surface area contributed by atoms with E-state index >= 15 is 0 Å². The summed E-state index contributed by atoms with van der Waals surface area (Å²) in [7, 11) is 0. The van der Waals surface area contributed by atoms with Crippen molar-refractivity contribution in [3.63, 3.8) is 0 Å². The fourth-order valence-electron chi connectivity index (χ4n) is 2.90. The number of hydrogen-bond acceptors (Lipinski definition) is 4. The smallest absolute Gasteiger partial charge is 0.243 e. The Hall–Kier alpha value is -0.750. The number of rotatable bonds is 5. The predicted octanol–water partition coefficient (Wildman–Crippen LogP) is 1.33. The van der Waals surface area contributed by atoms with Crippen LogP contribution in [0.25, 0.3) is 0 Å². The number of piperidine rings is 1. The number of carbonyl (C=O) groups is 2. The monoisotopic (exact) mass is 313 g/mol. The highest BCUT2D eigenvalue weighted by Gasteiger charge is 2.35. The quantitative estimate of drug-likeness (QED) is 0.804. The van der Waals surface area contributed by atoms with E-state index in [4.69, 9.17) is 0 Å². The van der Waals surface area contributed by atoms with Gasteiger partial charge in [0.1, 0.15) is 6.04 Å². The molecule has 2 fully saturated rings. The molecule has 2 amide bonds. The van der Waals surface area contributed by atoms with Crippen LogP contribution in [-0.2, 0) is 9.59 Å². The van der Waals surface area contributed by atoms with Gasteiger partial charge in [-0.2, -0.15) is 0 Å². The molecule has 2 rings (SSSR count). The molecule has 0 bridgehead atoms. The Morgan fingerprint density at radius 3 is 2.95 bits per heavy atom. The summed E-state index contributed by atoms with van der Waals surface area (Å²) in [5.41, 5.74) is 0. The molecule has 2 N–H and O–H groups in total. The SMILES string of the molecule is CCCCC(=O)N1CSCC1C(=O)NC1CCCNC1C. The minimum absolute atomic E-state index is 0.0189. The number of nitrogens with zero attached hydrogens (tertiary/aromatic N) is 1. The first-order valence-corrected chi connectivity index (χ1v) is 9.20. The number of unbranched alkanes of at least 4 members (excludes halogenated alkanes) is 1. The van der Waals surface area contributed by atoms with E-state index in [1.54, 1.807) is 16.7 Å². The molecule has 2 saturated heterocycles. The van der Waals surface area contributed by atoms with Crippen molar-refractivity contribution in [2.75, 3.05) is 18.2 Å². The van der Waals surface area contributed by atoms with Crippen molar-refractivity contribution in [3.05, 3.63) is 0 Å². The Bertz CT molecular complexity index is 378. The van der Waals surface area contributed by atoms with E-state index in [0.717, 1.165) is 38.0 Å². The van der Waals surface area contributed by atoms with Crippen molar-refractivity contribution < 1.29 is 9.59 Å². The van der Waals surface area contributed by atoms with Crippen LogP contribution >= 0.6 is 11.8 Å². The molecule has 0 saturated carbocycles. The standard InChI is InChI=1S/C15H27N3O2S/c1-3-4-7-14(19)18-10-21-9-13(18)15(20)17-12-6-5-8-16-11(12)2/h11-13,16H,3-10H2,1-2H3,(H,17,20). The van der Waals surface area contributed by atoms with Crippen molar-refractivity contribution in [1.29, 1.82) is 0 Å². The van der Waals surface area contributed by atoms with E-state index in [0.29, 0.717) is 18.3 Å². The summed E-state index contributed by atoms with van der Waals surface area (Å²) in [5.74, 6) is 1.51. The molecular weight excluding hydrogens is 286 g/mol. The summed E-state index contributed by atoms with van der Waals surface area (Å²) in [5, 5.41) is 6.53. The minimum atomic E-state index is -0.284. The van der Waals surface area contributed by atoms with E-state index < -0.39 is 0 Å². The minimum Gasteiger partial charge on any atom is -0.350 e. The fourth-order valence-corrected chi connectivity index (χ4v) is 4.08. The van der Waals surface area contributed by atoms with Crippen LogP contribution in [0, 0.1) is 0 Å². The van der Waals surface area contributed by atoms with Gasteiger partial charge in [0, 0.05) is 24.3 Å². The van der Waals surface area contributed by atoms with Gasteiger partial charge in [0.05, 0.1) is 5.88 Å². The zero-order valence-corrected chi connectivity index (χ0v) is 13.9. The van der Waals surface area contributed by atoms with Crippen LogP contribution in [0.5, 0.6) is 0 Å². The molecule has 5 nitrogen and oxygen atoms in total. The maximum atomic E-state index is 12.5. The normalized spacial score (nSPS) is 29.4. The van der Waals surface area contributed by atoms with Crippen molar-refractivity contribution in [3.8, 4) is 0 Å². The fraction of sp³-hybridized carbons (Fsp3) is 0.867. The molecule has 6 heteroatoms. The molecule has 3 atom stereocenters. The Balaban J connectivity index is 1.89. The number of carbonyl (C=O) groups excluding carboxylic acids is 2. The third-order valence-electron chi connectivity index (χ3n) is 4.34. The molecule has 0 spiro atoms. The van der Waals surface area contributed by atoms with E-state index in [1.165, 1.54) is 0 Å². The van der Waals surface area contributed by atoms with Gasteiger partial charge in [-0.05, 0) is 32.7 Å². The molecular formula is C15H27N3O2S. The van der Waals surface area contributed by atoms with Crippen LogP contribution in [0.1, 0.15) is 46.0 Å². The first kappa shape index (κ1) is 16.6. The summed E-state index contributed by atoms with van der Waals surface area (Å²) < 4.78 is 0. The van der Waals surface area contributed by atoms with E-state index in [2.05, 4.69) is 24.5 Å². The van der Waals surface area contributed by atoms with Gasteiger partial charge in [0.25, 0.3) is 0 Å². The maximum absolute atomic E-state index is 12.5. The Morgan fingerprint density at radius 1 is 1.43 bits per heavy atom. The molecule has 0 radical (unpaired) electrons.